The Bertz CT molecular complexity index is 347. The molecular weight excluding hydrogens is 216 g/mol. The third-order valence-electron chi connectivity index (χ3n) is 2.56. The minimum Gasteiger partial charge on any atom is -0.508 e. The highest BCUT2D eigenvalue weighted by Gasteiger charge is 2.01. The van der Waals surface area contributed by atoms with Gasteiger partial charge in [0.25, 0.3) is 0 Å². The fourth-order valence-electron chi connectivity index (χ4n) is 1.72. The Morgan fingerprint density at radius 1 is 1.29 bits per heavy atom. The zero-order valence-electron chi connectivity index (χ0n) is 10.3. The lowest BCUT2D eigenvalue weighted by molar-refractivity contribution is -0.143. The number of phenols is 1. The van der Waals surface area contributed by atoms with Crippen LogP contribution in [0, 0.1) is 0 Å². The van der Waals surface area contributed by atoms with E-state index in [0.29, 0.717) is 18.8 Å². The van der Waals surface area contributed by atoms with E-state index < -0.39 is 0 Å². The molecule has 0 spiro atoms. The van der Waals surface area contributed by atoms with Crippen LogP contribution in [0.4, 0.5) is 0 Å². The van der Waals surface area contributed by atoms with Gasteiger partial charge in [0.2, 0.25) is 0 Å². The van der Waals surface area contributed by atoms with Crippen LogP contribution in [0.2, 0.25) is 0 Å². The highest BCUT2D eigenvalue weighted by Crippen LogP contribution is 2.14. The van der Waals surface area contributed by atoms with Crippen molar-refractivity contribution < 1.29 is 14.6 Å². The van der Waals surface area contributed by atoms with E-state index in [1.54, 1.807) is 12.1 Å². The molecule has 0 heterocycles. The highest BCUT2D eigenvalue weighted by atomic mass is 16.5. The van der Waals surface area contributed by atoms with Crippen molar-refractivity contribution in [3.63, 3.8) is 0 Å². The summed E-state index contributed by atoms with van der Waals surface area (Å²) in [6.45, 7) is 2.28. The molecule has 0 aliphatic carbocycles. The molecule has 0 unspecified atom stereocenters. The van der Waals surface area contributed by atoms with Crippen LogP contribution in [0.3, 0.4) is 0 Å². The van der Waals surface area contributed by atoms with Crippen molar-refractivity contribution >= 4 is 5.97 Å². The van der Waals surface area contributed by atoms with Crippen molar-refractivity contribution in [2.45, 2.75) is 39.0 Å². The zero-order valence-corrected chi connectivity index (χ0v) is 10.3. The minimum absolute atomic E-state index is 0.107. The Labute approximate surface area is 102 Å². The third-order valence-corrected chi connectivity index (χ3v) is 2.56. The number of carbonyl (C=O) groups excluding carboxylic acids is 1. The quantitative estimate of drug-likeness (QED) is 0.584. The second-order valence-electron chi connectivity index (χ2n) is 4.04. The van der Waals surface area contributed by atoms with Crippen LogP contribution in [0.1, 0.15) is 38.2 Å². The molecule has 0 aliphatic heterocycles. The maximum Gasteiger partial charge on any atom is 0.305 e. The van der Waals surface area contributed by atoms with Gasteiger partial charge >= 0.3 is 5.97 Å². The summed E-state index contributed by atoms with van der Waals surface area (Å²) >= 11 is 0. The fourth-order valence-corrected chi connectivity index (χ4v) is 1.72. The lowest BCUT2D eigenvalue weighted by Gasteiger charge is -2.03. The Balaban J connectivity index is 2.10. The van der Waals surface area contributed by atoms with Crippen LogP contribution in [0.25, 0.3) is 0 Å². The Morgan fingerprint density at radius 3 is 2.82 bits per heavy atom. The number of ether oxygens (including phenoxy) is 1. The van der Waals surface area contributed by atoms with Crippen LogP contribution < -0.4 is 0 Å². The average molecular weight is 236 g/mol. The van der Waals surface area contributed by atoms with E-state index in [0.717, 1.165) is 31.2 Å². The number of aryl methyl sites for hydroxylation is 1. The molecular formula is C14H20O3. The molecule has 0 aromatic heterocycles. The van der Waals surface area contributed by atoms with Crippen molar-refractivity contribution in [1.29, 1.82) is 0 Å². The lowest BCUT2D eigenvalue weighted by Crippen LogP contribution is -2.03. The molecule has 3 heteroatoms. The number of hydrogen-bond acceptors (Lipinski definition) is 3. The smallest absolute Gasteiger partial charge is 0.305 e. The van der Waals surface area contributed by atoms with Gasteiger partial charge in [-0.1, -0.05) is 18.6 Å². The normalized spacial score (nSPS) is 10.2. The monoisotopic (exact) mass is 236 g/mol. The molecule has 0 aliphatic rings. The molecule has 17 heavy (non-hydrogen) atoms. The van der Waals surface area contributed by atoms with Crippen LogP contribution in [0.5, 0.6) is 5.75 Å². The maximum atomic E-state index is 11.1. The Morgan fingerprint density at radius 2 is 2.12 bits per heavy atom. The SMILES string of the molecule is CCOC(=O)CCCCCc1cccc(O)c1. The Kier molecular flexibility index (Phi) is 6.15. The molecule has 0 atom stereocenters. The number of unbranched alkanes of at least 4 members (excludes halogenated alkanes) is 2. The molecule has 1 rings (SSSR count). The molecule has 3 nitrogen and oxygen atoms in total. The molecule has 0 saturated heterocycles. The predicted octanol–water partition coefficient (Wildman–Crippen LogP) is 3.06. The van der Waals surface area contributed by atoms with Gasteiger partial charge in [-0.15, -0.1) is 0 Å². The third kappa shape index (κ3) is 5.95. The van der Waals surface area contributed by atoms with Gasteiger partial charge in [0, 0.05) is 6.42 Å². The van der Waals surface area contributed by atoms with E-state index in [2.05, 4.69) is 0 Å². The van der Waals surface area contributed by atoms with Crippen LogP contribution in [-0.4, -0.2) is 17.7 Å². The van der Waals surface area contributed by atoms with Gasteiger partial charge in [0.15, 0.2) is 0 Å². The number of phenolic OH excluding ortho intramolecular Hbond substituents is 1. The number of benzene rings is 1. The summed E-state index contributed by atoms with van der Waals surface area (Å²) < 4.78 is 4.85. The van der Waals surface area contributed by atoms with Crippen molar-refractivity contribution in [3.8, 4) is 5.75 Å². The van der Waals surface area contributed by atoms with Crippen LogP contribution >= 0.6 is 0 Å². The van der Waals surface area contributed by atoms with Crippen LogP contribution in [0.15, 0.2) is 24.3 Å². The van der Waals surface area contributed by atoms with Gasteiger partial charge in [-0.2, -0.15) is 0 Å². The first-order valence-corrected chi connectivity index (χ1v) is 6.16. The number of hydrogen-bond donors (Lipinski definition) is 1. The summed E-state index contributed by atoms with van der Waals surface area (Å²) in [6, 6.07) is 7.31. The lowest BCUT2D eigenvalue weighted by atomic mass is 10.1. The fraction of sp³-hybridized carbons (Fsp3) is 0.500. The summed E-state index contributed by atoms with van der Waals surface area (Å²) in [5.41, 5.74) is 1.14. The van der Waals surface area contributed by atoms with E-state index in [-0.39, 0.29) is 5.97 Å². The molecule has 1 N–H and O–H groups in total. The molecule has 0 saturated carbocycles. The first-order valence-electron chi connectivity index (χ1n) is 6.16. The van der Waals surface area contributed by atoms with E-state index >= 15 is 0 Å². The van der Waals surface area contributed by atoms with E-state index in [1.165, 1.54) is 0 Å². The standard InChI is InChI=1S/C14H20O3/c1-2-17-14(16)10-5-3-4-7-12-8-6-9-13(15)11-12/h6,8-9,11,15H,2-5,7,10H2,1H3. The predicted molar refractivity (Wildman–Crippen MR) is 66.9 cm³/mol. The highest BCUT2D eigenvalue weighted by molar-refractivity contribution is 5.69. The van der Waals surface area contributed by atoms with Crippen LogP contribution in [-0.2, 0) is 16.0 Å². The molecule has 94 valence electrons. The van der Waals surface area contributed by atoms with Gasteiger partial charge in [-0.3, -0.25) is 4.79 Å². The summed E-state index contributed by atoms with van der Waals surface area (Å²) in [5.74, 6) is 0.207. The van der Waals surface area contributed by atoms with Gasteiger partial charge in [-0.05, 0) is 43.9 Å². The first kappa shape index (κ1) is 13.6. The van der Waals surface area contributed by atoms with Crippen molar-refractivity contribution in [2.75, 3.05) is 6.61 Å². The van der Waals surface area contributed by atoms with Gasteiger partial charge in [-0.25, -0.2) is 0 Å². The van der Waals surface area contributed by atoms with Crippen molar-refractivity contribution in [1.82, 2.24) is 0 Å². The maximum absolute atomic E-state index is 11.1. The van der Waals surface area contributed by atoms with E-state index in [4.69, 9.17) is 4.74 Å². The molecule has 1 aromatic rings. The number of carbonyl (C=O) groups is 1. The largest absolute Gasteiger partial charge is 0.508 e. The number of esters is 1. The molecule has 0 bridgehead atoms. The van der Waals surface area contributed by atoms with Crippen molar-refractivity contribution in [2.24, 2.45) is 0 Å². The average Bonchev–Trinajstić information content (AvgIpc) is 2.29. The van der Waals surface area contributed by atoms with Crippen molar-refractivity contribution in [3.05, 3.63) is 29.8 Å². The van der Waals surface area contributed by atoms with Gasteiger partial charge < -0.3 is 9.84 Å². The minimum atomic E-state index is -0.107. The topological polar surface area (TPSA) is 46.5 Å². The summed E-state index contributed by atoms with van der Waals surface area (Å²) in [5, 5.41) is 9.29. The molecule has 0 amide bonds. The Hall–Kier alpha value is -1.51. The van der Waals surface area contributed by atoms with E-state index in [9.17, 15) is 9.90 Å². The molecule has 0 radical (unpaired) electrons. The summed E-state index contributed by atoms with van der Waals surface area (Å²) in [4.78, 5) is 11.1. The summed E-state index contributed by atoms with van der Waals surface area (Å²) in [6.07, 6.45) is 4.36. The second-order valence-corrected chi connectivity index (χ2v) is 4.04. The first-order chi connectivity index (χ1) is 8.22. The molecule has 0 fully saturated rings. The van der Waals surface area contributed by atoms with E-state index in [1.807, 2.05) is 19.1 Å². The van der Waals surface area contributed by atoms with Gasteiger partial charge in [0.1, 0.15) is 5.75 Å². The second kappa shape index (κ2) is 7.71. The van der Waals surface area contributed by atoms with Gasteiger partial charge in [0.05, 0.1) is 6.61 Å². The zero-order chi connectivity index (χ0) is 12.5. The number of aromatic hydroxyl groups is 1. The summed E-state index contributed by atoms with van der Waals surface area (Å²) in [7, 11) is 0. The number of rotatable bonds is 7. The molecule has 1 aromatic carbocycles.